The van der Waals surface area contributed by atoms with Crippen molar-refractivity contribution in [2.45, 2.75) is 45.1 Å². The number of anilines is 2. The Labute approximate surface area is 127 Å². The molecule has 1 aromatic heterocycles. The molecule has 5 heteroatoms. The Morgan fingerprint density at radius 2 is 2.14 bits per heavy atom. The van der Waals surface area contributed by atoms with Crippen LogP contribution in [0, 0.1) is 12.3 Å². The summed E-state index contributed by atoms with van der Waals surface area (Å²) in [6, 6.07) is 1.98. The second-order valence-corrected chi connectivity index (χ2v) is 6.45. The van der Waals surface area contributed by atoms with Crippen LogP contribution in [-0.2, 0) is 4.74 Å². The predicted molar refractivity (Wildman–Crippen MR) is 84.8 cm³/mol. The van der Waals surface area contributed by atoms with Gasteiger partial charge < -0.3 is 15.0 Å². The van der Waals surface area contributed by atoms with Gasteiger partial charge in [0.2, 0.25) is 5.95 Å². The van der Waals surface area contributed by atoms with Gasteiger partial charge in [0.1, 0.15) is 5.82 Å². The number of nitrogens with zero attached hydrogens (tertiary/aromatic N) is 3. The van der Waals surface area contributed by atoms with E-state index in [1.165, 1.54) is 32.1 Å². The summed E-state index contributed by atoms with van der Waals surface area (Å²) in [5.74, 6) is 1.76. The number of rotatable bonds is 3. The number of methoxy groups -OCH3 is 1. The molecule has 0 unspecified atom stereocenters. The highest BCUT2D eigenvalue weighted by atomic mass is 16.5. The van der Waals surface area contributed by atoms with E-state index in [4.69, 9.17) is 4.74 Å². The van der Waals surface area contributed by atoms with E-state index in [0.29, 0.717) is 11.5 Å². The highest BCUT2D eigenvalue weighted by molar-refractivity contribution is 5.43. The number of hydrogen-bond acceptors (Lipinski definition) is 5. The molecule has 2 heterocycles. The maximum Gasteiger partial charge on any atom is 0.227 e. The van der Waals surface area contributed by atoms with Crippen LogP contribution < -0.4 is 10.2 Å². The van der Waals surface area contributed by atoms with E-state index in [1.807, 2.05) is 27.1 Å². The van der Waals surface area contributed by atoms with Crippen molar-refractivity contribution >= 4 is 11.8 Å². The summed E-state index contributed by atoms with van der Waals surface area (Å²) >= 11 is 0. The summed E-state index contributed by atoms with van der Waals surface area (Å²) in [6.07, 6.45) is 6.61. The van der Waals surface area contributed by atoms with Crippen LogP contribution in [0.2, 0.25) is 0 Å². The molecule has 1 saturated heterocycles. The fourth-order valence-corrected chi connectivity index (χ4v) is 4.09. The van der Waals surface area contributed by atoms with Crippen molar-refractivity contribution in [3.63, 3.8) is 0 Å². The quantitative estimate of drug-likeness (QED) is 0.927. The Kier molecular flexibility index (Phi) is 4.02. The van der Waals surface area contributed by atoms with E-state index in [1.54, 1.807) is 0 Å². The normalized spacial score (nSPS) is 29.1. The minimum Gasteiger partial charge on any atom is -0.381 e. The number of aromatic nitrogens is 2. The van der Waals surface area contributed by atoms with Gasteiger partial charge >= 0.3 is 0 Å². The summed E-state index contributed by atoms with van der Waals surface area (Å²) < 4.78 is 5.78. The first-order valence-electron chi connectivity index (χ1n) is 7.98. The van der Waals surface area contributed by atoms with Gasteiger partial charge in [0.15, 0.2) is 0 Å². The first-order valence-corrected chi connectivity index (χ1v) is 7.98. The van der Waals surface area contributed by atoms with E-state index in [0.717, 1.165) is 30.5 Å². The van der Waals surface area contributed by atoms with Crippen molar-refractivity contribution in [2.75, 3.05) is 37.5 Å². The second kappa shape index (κ2) is 5.79. The van der Waals surface area contributed by atoms with Gasteiger partial charge in [0, 0.05) is 44.4 Å². The molecule has 116 valence electrons. The van der Waals surface area contributed by atoms with Crippen LogP contribution in [-0.4, -0.2) is 43.3 Å². The van der Waals surface area contributed by atoms with E-state index in [9.17, 15) is 0 Å². The number of nitrogens with one attached hydrogen (secondary N) is 1. The first-order chi connectivity index (χ1) is 10.2. The topological polar surface area (TPSA) is 50.3 Å². The molecule has 3 rings (SSSR count). The van der Waals surface area contributed by atoms with Crippen LogP contribution in [0.25, 0.3) is 0 Å². The van der Waals surface area contributed by atoms with Crippen LogP contribution in [0.15, 0.2) is 6.07 Å². The molecule has 5 nitrogen and oxygen atoms in total. The van der Waals surface area contributed by atoms with Crippen molar-refractivity contribution < 1.29 is 4.74 Å². The molecule has 0 amide bonds. The molecule has 1 aliphatic carbocycles. The highest BCUT2D eigenvalue weighted by Gasteiger charge is 2.46. The molecule has 2 aliphatic rings. The van der Waals surface area contributed by atoms with Gasteiger partial charge in [-0.2, -0.15) is 4.98 Å². The third-order valence-corrected chi connectivity index (χ3v) is 5.10. The monoisotopic (exact) mass is 290 g/mol. The number of ether oxygens (including phenoxy) is 1. The largest absolute Gasteiger partial charge is 0.381 e. The molecule has 2 fully saturated rings. The van der Waals surface area contributed by atoms with Crippen LogP contribution >= 0.6 is 0 Å². The Morgan fingerprint density at radius 3 is 2.90 bits per heavy atom. The van der Waals surface area contributed by atoms with E-state index in [2.05, 4.69) is 20.2 Å². The van der Waals surface area contributed by atoms with Crippen molar-refractivity contribution in [3.05, 3.63) is 11.8 Å². The number of piperidine rings is 1. The van der Waals surface area contributed by atoms with Crippen LogP contribution in [0.3, 0.4) is 0 Å². The number of aryl methyl sites for hydroxylation is 1. The van der Waals surface area contributed by atoms with Gasteiger partial charge in [-0.15, -0.1) is 0 Å². The molecule has 21 heavy (non-hydrogen) atoms. The SMILES string of the molecule is CNc1cc(C)nc(N2CCC[C@]3(CCC[C@H]3OC)C2)n1. The average molecular weight is 290 g/mol. The maximum absolute atomic E-state index is 5.78. The van der Waals surface area contributed by atoms with Gasteiger partial charge in [0.25, 0.3) is 0 Å². The zero-order valence-corrected chi connectivity index (χ0v) is 13.4. The Bertz CT molecular complexity index is 507. The molecule has 1 aliphatic heterocycles. The Hall–Kier alpha value is -1.36. The van der Waals surface area contributed by atoms with Crippen molar-refractivity contribution in [1.82, 2.24) is 9.97 Å². The highest BCUT2D eigenvalue weighted by Crippen LogP contribution is 2.46. The third kappa shape index (κ3) is 2.71. The van der Waals surface area contributed by atoms with Crippen molar-refractivity contribution in [1.29, 1.82) is 0 Å². The minimum absolute atomic E-state index is 0.305. The third-order valence-electron chi connectivity index (χ3n) is 5.10. The van der Waals surface area contributed by atoms with Crippen LogP contribution in [0.5, 0.6) is 0 Å². The van der Waals surface area contributed by atoms with Crippen LogP contribution in [0.4, 0.5) is 11.8 Å². The maximum atomic E-state index is 5.78. The molecule has 0 bridgehead atoms. The fraction of sp³-hybridized carbons (Fsp3) is 0.750. The smallest absolute Gasteiger partial charge is 0.227 e. The lowest BCUT2D eigenvalue weighted by molar-refractivity contribution is 0.00204. The zero-order chi connectivity index (χ0) is 14.9. The molecule has 2 atom stereocenters. The summed E-state index contributed by atoms with van der Waals surface area (Å²) in [4.78, 5) is 11.6. The molecular formula is C16H26N4O. The number of hydrogen-bond donors (Lipinski definition) is 1. The minimum atomic E-state index is 0.305. The molecule has 1 aromatic rings. The van der Waals surface area contributed by atoms with Crippen LogP contribution in [0.1, 0.15) is 37.8 Å². The molecule has 1 spiro atoms. The fourth-order valence-electron chi connectivity index (χ4n) is 4.09. The van der Waals surface area contributed by atoms with Gasteiger partial charge in [-0.25, -0.2) is 4.98 Å². The van der Waals surface area contributed by atoms with Crippen molar-refractivity contribution in [3.8, 4) is 0 Å². The molecule has 1 saturated carbocycles. The Morgan fingerprint density at radius 1 is 1.33 bits per heavy atom. The lowest BCUT2D eigenvalue weighted by Gasteiger charge is -2.43. The Balaban J connectivity index is 1.84. The summed E-state index contributed by atoms with van der Waals surface area (Å²) in [7, 11) is 3.76. The summed E-state index contributed by atoms with van der Waals surface area (Å²) in [5.41, 5.74) is 1.32. The van der Waals surface area contributed by atoms with E-state index in [-0.39, 0.29) is 0 Å². The molecule has 1 N–H and O–H groups in total. The lowest BCUT2D eigenvalue weighted by atomic mass is 9.76. The molecule has 0 radical (unpaired) electrons. The van der Waals surface area contributed by atoms with Gasteiger partial charge in [-0.3, -0.25) is 0 Å². The van der Waals surface area contributed by atoms with E-state index >= 15 is 0 Å². The average Bonchev–Trinajstić information content (AvgIpc) is 2.88. The molecule has 0 aromatic carbocycles. The lowest BCUT2D eigenvalue weighted by Crippen LogP contribution is -2.48. The predicted octanol–water partition coefficient (Wildman–Crippen LogP) is 2.61. The zero-order valence-electron chi connectivity index (χ0n) is 13.4. The summed E-state index contributed by atoms with van der Waals surface area (Å²) in [5, 5.41) is 3.13. The van der Waals surface area contributed by atoms with Gasteiger partial charge in [-0.05, 0) is 32.6 Å². The molecular weight excluding hydrogens is 264 g/mol. The standard InChI is InChI=1S/C16H26N4O/c1-12-10-14(17-2)19-15(18-12)20-9-5-8-16(11-20)7-4-6-13(16)21-3/h10,13H,4-9,11H2,1-3H3,(H,17,18,19)/t13-,16-/m1/s1. The van der Waals surface area contributed by atoms with E-state index < -0.39 is 0 Å². The summed E-state index contributed by atoms with van der Waals surface area (Å²) in [6.45, 7) is 4.10. The first kappa shape index (κ1) is 14.6. The van der Waals surface area contributed by atoms with Gasteiger partial charge in [-0.1, -0.05) is 6.42 Å². The second-order valence-electron chi connectivity index (χ2n) is 6.45. The van der Waals surface area contributed by atoms with Crippen molar-refractivity contribution in [2.24, 2.45) is 5.41 Å². The van der Waals surface area contributed by atoms with Gasteiger partial charge in [0.05, 0.1) is 6.10 Å².